The molecule has 0 atom stereocenters. The van der Waals surface area contributed by atoms with Crippen molar-refractivity contribution in [2.75, 3.05) is 4.90 Å². The Bertz CT molecular complexity index is 670. The molecule has 0 unspecified atom stereocenters. The van der Waals surface area contributed by atoms with Gasteiger partial charge in [-0.15, -0.1) is 11.3 Å². The fourth-order valence-corrected chi connectivity index (χ4v) is 3.48. The molecule has 0 N–H and O–H groups in total. The van der Waals surface area contributed by atoms with Gasteiger partial charge in [-0.05, 0) is 40.8 Å². The molecule has 0 fully saturated rings. The van der Waals surface area contributed by atoms with Gasteiger partial charge in [0, 0.05) is 6.42 Å². The van der Waals surface area contributed by atoms with Gasteiger partial charge in [0.2, 0.25) is 0 Å². The normalized spacial score (nSPS) is 12.9. The highest BCUT2D eigenvalue weighted by Gasteiger charge is 2.23. The van der Waals surface area contributed by atoms with Gasteiger partial charge in [-0.3, -0.25) is 0 Å². The molecule has 4 rings (SSSR count). The van der Waals surface area contributed by atoms with E-state index in [-0.39, 0.29) is 0 Å². The maximum atomic E-state index is 2.37. The molecule has 2 heteroatoms. The molecule has 0 aliphatic carbocycles. The molecular weight excluding hydrogens is 250 g/mol. The monoisotopic (exact) mass is 263 g/mol. The summed E-state index contributed by atoms with van der Waals surface area (Å²) in [5, 5.41) is 3.41. The minimum atomic E-state index is 1.02. The number of rotatable bonds is 1. The molecule has 0 radical (unpaired) electrons. The lowest BCUT2D eigenvalue weighted by Gasteiger charge is -2.32. The molecule has 2 aromatic carbocycles. The second-order valence-electron chi connectivity index (χ2n) is 4.72. The van der Waals surface area contributed by atoms with E-state index in [1.807, 2.05) is 0 Å². The van der Waals surface area contributed by atoms with E-state index in [4.69, 9.17) is 0 Å². The van der Waals surface area contributed by atoms with Crippen LogP contribution >= 0.6 is 11.3 Å². The summed E-state index contributed by atoms with van der Waals surface area (Å²) in [7, 11) is 0. The Kier molecular flexibility index (Phi) is 2.42. The molecule has 92 valence electrons. The van der Waals surface area contributed by atoms with Crippen LogP contribution < -0.4 is 4.90 Å². The predicted octanol–water partition coefficient (Wildman–Crippen LogP) is 5.12. The highest BCUT2D eigenvalue weighted by molar-refractivity contribution is 7.14. The summed E-state index contributed by atoms with van der Waals surface area (Å²) in [5.74, 6) is 0. The standard InChI is InChI=1S/C17H13NS/c1-3-8-15-13(6-1)12-14-7-2-4-9-16(14)18(15)17-10-5-11-19-17/h1-11H,12H2. The van der Waals surface area contributed by atoms with Crippen LogP contribution in [-0.2, 0) is 6.42 Å². The number of nitrogens with zero attached hydrogens (tertiary/aromatic N) is 1. The first-order chi connectivity index (χ1) is 9.43. The summed E-state index contributed by atoms with van der Waals surface area (Å²) in [6.07, 6.45) is 1.02. The van der Waals surface area contributed by atoms with Crippen LogP contribution in [0.4, 0.5) is 16.4 Å². The summed E-state index contributed by atoms with van der Waals surface area (Å²) in [4.78, 5) is 2.37. The average Bonchev–Trinajstić information content (AvgIpc) is 2.98. The third kappa shape index (κ3) is 1.68. The lowest BCUT2D eigenvalue weighted by molar-refractivity contribution is 1.10. The van der Waals surface area contributed by atoms with Gasteiger partial charge in [0.25, 0.3) is 0 Å². The number of hydrogen-bond donors (Lipinski definition) is 0. The van der Waals surface area contributed by atoms with E-state index in [1.165, 1.54) is 27.5 Å². The maximum Gasteiger partial charge on any atom is 0.0999 e. The molecule has 0 bridgehead atoms. The third-order valence-electron chi connectivity index (χ3n) is 3.57. The van der Waals surface area contributed by atoms with E-state index in [1.54, 1.807) is 11.3 Å². The van der Waals surface area contributed by atoms with Crippen LogP contribution in [0.2, 0.25) is 0 Å². The van der Waals surface area contributed by atoms with Crippen molar-refractivity contribution in [3.05, 3.63) is 77.2 Å². The van der Waals surface area contributed by atoms with E-state index in [2.05, 4.69) is 70.9 Å². The molecule has 0 saturated heterocycles. The summed E-state index contributed by atoms with van der Waals surface area (Å²) < 4.78 is 0. The number of hydrogen-bond acceptors (Lipinski definition) is 2. The molecule has 19 heavy (non-hydrogen) atoms. The quantitative estimate of drug-likeness (QED) is 0.460. The molecule has 1 aromatic heterocycles. The number of benzene rings is 2. The Morgan fingerprint density at radius 1 is 0.737 bits per heavy atom. The highest BCUT2D eigenvalue weighted by atomic mass is 32.1. The van der Waals surface area contributed by atoms with Gasteiger partial charge in [-0.1, -0.05) is 36.4 Å². The van der Waals surface area contributed by atoms with Gasteiger partial charge < -0.3 is 4.90 Å². The predicted molar refractivity (Wildman–Crippen MR) is 81.8 cm³/mol. The van der Waals surface area contributed by atoms with E-state index in [0.29, 0.717) is 0 Å². The second-order valence-corrected chi connectivity index (χ2v) is 5.65. The third-order valence-corrected chi connectivity index (χ3v) is 4.43. The maximum absolute atomic E-state index is 2.37. The largest absolute Gasteiger partial charge is 0.301 e. The number of fused-ring (bicyclic) bond motifs is 2. The molecule has 1 nitrogen and oxygen atoms in total. The van der Waals surface area contributed by atoms with Crippen molar-refractivity contribution < 1.29 is 0 Å². The van der Waals surface area contributed by atoms with Crippen molar-refractivity contribution in [2.24, 2.45) is 0 Å². The van der Waals surface area contributed by atoms with E-state index >= 15 is 0 Å². The highest BCUT2D eigenvalue weighted by Crippen LogP contribution is 2.44. The van der Waals surface area contributed by atoms with Crippen LogP contribution in [-0.4, -0.2) is 0 Å². The molecule has 0 spiro atoms. The number of para-hydroxylation sites is 2. The van der Waals surface area contributed by atoms with Gasteiger partial charge in [0.15, 0.2) is 0 Å². The Balaban J connectivity index is 1.98. The second kappa shape index (κ2) is 4.25. The Hall–Kier alpha value is -2.06. The topological polar surface area (TPSA) is 3.24 Å². The zero-order valence-corrected chi connectivity index (χ0v) is 11.2. The van der Waals surface area contributed by atoms with E-state index < -0.39 is 0 Å². The van der Waals surface area contributed by atoms with Crippen LogP contribution in [0.25, 0.3) is 0 Å². The first-order valence-corrected chi connectivity index (χ1v) is 7.31. The van der Waals surface area contributed by atoms with Crippen LogP contribution in [0.3, 0.4) is 0 Å². The Morgan fingerprint density at radius 3 is 1.95 bits per heavy atom. The number of anilines is 3. The summed E-state index contributed by atoms with van der Waals surface area (Å²) in [6, 6.07) is 21.7. The summed E-state index contributed by atoms with van der Waals surface area (Å²) in [5.41, 5.74) is 5.41. The molecule has 1 aliphatic heterocycles. The van der Waals surface area contributed by atoms with Gasteiger partial charge in [0.05, 0.1) is 16.4 Å². The minimum absolute atomic E-state index is 1.02. The number of thiophene rings is 1. The van der Waals surface area contributed by atoms with Crippen LogP contribution in [0.15, 0.2) is 66.0 Å². The van der Waals surface area contributed by atoms with Gasteiger partial charge in [-0.25, -0.2) is 0 Å². The molecule has 3 aromatic rings. The Morgan fingerprint density at radius 2 is 1.37 bits per heavy atom. The molecule has 2 heterocycles. The van der Waals surface area contributed by atoms with Crippen LogP contribution in [0.1, 0.15) is 11.1 Å². The van der Waals surface area contributed by atoms with E-state index in [0.717, 1.165) is 6.42 Å². The van der Waals surface area contributed by atoms with Gasteiger partial charge in [-0.2, -0.15) is 0 Å². The molecular formula is C17H13NS. The Labute approximate surface area is 116 Å². The van der Waals surface area contributed by atoms with Gasteiger partial charge in [0.1, 0.15) is 0 Å². The summed E-state index contributed by atoms with van der Waals surface area (Å²) in [6.45, 7) is 0. The SMILES string of the molecule is c1csc(N2c3ccccc3Cc3ccccc32)c1. The minimum Gasteiger partial charge on any atom is -0.301 e. The lowest BCUT2D eigenvalue weighted by Crippen LogP contribution is -2.17. The lowest BCUT2D eigenvalue weighted by atomic mass is 9.96. The fraction of sp³-hybridized carbons (Fsp3) is 0.0588. The van der Waals surface area contributed by atoms with Crippen molar-refractivity contribution >= 4 is 27.7 Å². The van der Waals surface area contributed by atoms with Crippen molar-refractivity contribution in [1.82, 2.24) is 0 Å². The molecule has 1 aliphatic rings. The first kappa shape index (κ1) is 10.8. The molecule has 0 saturated carbocycles. The average molecular weight is 263 g/mol. The van der Waals surface area contributed by atoms with Crippen molar-refractivity contribution in [2.45, 2.75) is 6.42 Å². The summed E-state index contributed by atoms with van der Waals surface area (Å²) >= 11 is 1.78. The first-order valence-electron chi connectivity index (χ1n) is 6.43. The zero-order chi connectivity index (χ0) is 12.7. The van der Waals surface area contributed by atoms with Crippen molar-refractivity contribution in [3.8, 4) is 0 Å². The van der Waals surface area contributed by atoms with Crippen molar-refractivity contribution in [3.63, 3.8) is 0 Å². The van der Waals surface area contributed by atoms with Crippen LogP contribution in [0.5, 0.6) is 0 Å². The van der Waals surface area contributed by atoms with Crippen LogP contribution in [0, 0.1) is 0 Å². The van der Waals surface area contributed by atoms with E-state index in [9.17, 15) is 0 Å². The fourth-order valence-electron chi connectivity index (χ4n) is 2.73. The smallest absolute Gasteiger partial charge is 0.0999 e. The zero-order valence-electron chi connectivity index (χ0n) is 10.4. The van der Waals surface area contributed by atoms with Gasteiger partial charge >= 0.3 is 0 Å². The van der Waals surface area contributed by atoms with Crippen molar-refractivity contribution in [1.29, 1.82) is 0 Å². The molecule has 0 amide bonds.